The second-order valence-corrected chi connectivity index (χ2v) is 2.24. The summed E-state index contributed by atoms with van der Waals surface area (Å²) in [6.07, 6.45) is 1.98. The summed E-state index contributed by atoms with van der Waals surface area (Å²) in [7, 11) is 0. The summed E-state index contributed by atoms with van der Waals surface area (Å²) in [6, 6.07) is 4.87. The zero-order valence-corrected chi connectivity index (χ0v) is 7.19. The van der Waals surface area contributed by atoms with Crippen LogP contribution in [-0.4, -0.2) is 11.4 Å². The molecule has 1 aromatic carbocycles. The van der Waals surface area contributed by atoms with Gasteiger partial charge in [0.2, 0.25) is 0 Å². The third-order valence-corrected chi connectivity index (χ3v) is 1.47. The number of phenolic OH excluding ortho intramolecular Hbond substituents is 1. The molecule has 1 rings (SSSR count). The highest BCUT2D eigenvalue weighted by atomic mass is 16.3. The number of nitrogens with two attached hydrogens (primary N) is 1. The number of rotatable bonds is 1. The van der Waals surface area contributed by atoms with Gasteiger partial charge in [0.25, 0.3) is 0 Å². The van der Waals surface area contributed by atoms with Crippen molar-refractivity contribution in [1.82, 2.24) is 0 Å². The first-order valence-corrected chi connectivity index (χ1v) is 3.50. The number of nitrogens with zero attached hydrogens (tertiary/aromatic N) is 1. The fourth-order valence-electron chi connectivity index (χ4n) is 0.768. The van der Waals surface area contributed by atoms with Crippen LogP contribution in [0.4, 0.5) is 0 Å². The molecule has 68 valence electrons. The average Bonchev–Trinajstić information content (AvgIpc) is 2.11. The summed E-state index contributed by atoms with van der Waals surface area (Å²) in [5, 5.41) is 16.2. The van der Waals surface area contributed by atoms with Crippen molar-refractivity contribution >= 4 is 6.29 Å². The molecule has 0 aliphatic heterocycles. The van der Waals surface area contributed by atoms with Crippen LogP contribution >= 0.6 is 0 Å². The monoisotopic (exact) mass is 178 g/mol. The second kappa shape index (κ2) is 5.61. The normalized spacial score (nSPS) is 7.69. The summed E-state index contributed by atoms with van der Waals surface area (Å²) in [5.41, 5.74) is 5.33. The molecule has 0 atom stereocenters. The molecule has 0 amide bonds. The smallest absolute Gasteiger partial charge is 0.173 e. The molecule has 4 heteroatoms. The molecular formula is C9H10N2O2. The van der Waals surface area contributed by atoms with Crippen LogP contribution in [0.2, 0.25) is 0 Å². The lowest BCUT2D eigenvalue weighted by Gasteiger charge is -1.98. The summed E-state index contributed by atoms with van der Waals surface area (Å²) >= 11 is 0. The van der Waals surface area contributed by atoms with Crippen LogP contribution in [0.5, 0.6) is 5.75 Å². The van der Waals surface area contributed by atoms with Gasteiger partial charge in [0.1, 0.15) is 12.0 Å². The molecule has 0 radical (unpaired) electrons. The lowest BCUT2D eigenvalue weighted by molar-refractivity contribution is 0.112. The summed E-state index contributed by atoms with van der Waals surface area (Å²) in [6.45, 7) is 1.71. The molecule has 1 aromatic rings. The lowest BCUT2D eigenvalue weighted by atomic mass is 10.1. The quantitative estimate of drug-likeness (QED) is 0.380. The molecule has 13 heavy (non-hydrogen) atoms. The molecule has 4 nitrogen and oxygen atoms in total. The van der Waals surface area contributed by atoms with Crippen molar-refractivity contribution in [2.24, 2.45) is 5.73 Å². The first kappa shape index (κ1) is 11.0. The molecular weight excluding hydrogens is 168 g/mol. The third kappa shape index (κ3) is 3.25. The Labute approximate surface area is 76.2 Å². The predicted octanol–water partition coefficient (Wildman–Crippen LogP) is 0.939. The maximum atomic E-state index is 10.3. The van der Waals surface area contributed by atoms with E-state index >= 15 is 0 Å². The van der Waals surface area contributed by atoms with Gasteiger partial charge in [-0.05, 0) is 13.0 Å². The van der Waals surface area contributed by atoms with Gasteiger partial charge >= 0.3 is 0 Å². The minimum atomic E-state index is 0.171. The molecule has 0 bridgehead atoms. The molecule has 0 aliphatic carbocycles. The first-order valence-electron chi connectivity index (χ1n) is 3.50. The van der Waals surface area contributed by atoms with E-state index in [2.05, 4.69) is 5.73 Å². The number of nitriles is 1. The fourth-order valence-corrected chi connectivity index (χ4v) is 0.768. The third-order valence-electron chi connectivity index (χ3n) is 1.47. The fraction of sp³-hybridized carbons (Fsp3) is 0.111. The first-order chi connectivity index (χ1) is 6.17. The van der Waals surface area contributed by atoms with Crippen LogP contribution in [0.3, 0.4) is 0 Å². The number of aromatic hydroxyl groups is 1. The Morgan fingerprint density at radius 2 is 2.15 bits per heavy atom. The van der Waals surface area contributed by atoms with E-state index in [1.54, 1.807) is 25.1 Å². The number of carbonyl (C=O) groups excluding carboxylic acids is 1. The Morgan fingerprint density at radius 3 is 2.54 bits per heavy atom. The van der Waals surface area contributed by atoms with Crippen LogP contribution in [0, 0.1) is 18.4 Å². The summed E-state index contributed by atoms with van der Waals surface area (Å²) in [5.74, 6) is 0.171. The van der Waals surface area contributed by atoms with E-state index in [-0.39, 0.29) is 5.75 Å². The number of aldehydes is 1. The van der Waals surface area contributed by atoms with Crippen molar-refractivity contribution in [2.75, 3.05) is 0 Å². The minimum Gasteiger partial charge on any atom is -0.508 e. The van der Waals surface area contributed by atoms with E-state index in [0.717, 1.165) is 6.29 Å². The van der Waals surface area contributed by atoms with Gasteiger partial charge in [-0.25, -0.2) is 0 Å². The lowest BCUT2D eigenvalue weighted by Crippen LogP contribution is -1.84. The largest absolute Gasteiger partial charge is 0.508 e. The Kier molecular flexibility index (Phi) is 4.74. The van der Waals surface area contributed by atoms with Crippen LogP contribution in [0.1, 0.15) is 15.9 Å². The Hall–Kier alpha value is -2.02. The van der Waals surface area contributed by atoms with Crippen LogP contribution in [0.15, 0.2) is 18.2 Å². The molecule has 0 unspecified atom stereocenters. The SMILES string of the molecule is Cc1c(O)cccc1C=O.N#CN. The van der Waals surface area contributed by atoms with E-state index in [1.807, 2.05) is 0 Å². The van der Waals surface area contributed by atoms with Gasteiger partial charge < -0.3 is 10.8 Å². The van der Waals surface area contributed by atoms with E-state index in [4.69, 9.17) is 10.4 Å². The molecule has 0 spiro atoms. The molecule has 0 aliphatic rings. The Balaban J connectivity index is 0.000000424. The molecule has 0 heterocycles. The summed E-state index contributed by atoms with van der Waals surface area (Å²) in [4.78, 5) is 10.3. The Bertz CT molecular complexity index is 329. The maximum absolute atomic E-state index is 10.3. The average molecular weight is 178 g/mol. The standard InChI is InChI=1S/C8H8O2.CH2N2/c1-6-7(5-9)3-2-4-8(6)10;2-1-3/h2-5,10H,1H3;2H2. The van der Waals surface area contributed by atoms with E-state index in [0.29, 0.717) is 11.1 Å². The summed E-state index contributed by atoms with van der Waals surface area (Å²) < 4.78 is 0. The maximum Gasteiger partial charge on any atom is 0.173 e. The zero-order chi connectivity index (χ0) is 10.3. The molecule has 0 saturated carbocycles. The van der Waals surface area contributed by atoms with Crippen molar-refractivity contribution in [3.05, 3.63) is 29.3 Å². The van der Waals surface area contributed by atoms with E-state index < -0.39 is 0 Å². The highest BCUT2D eigenvalue weighted by Crippen LogP contribution is 2.17. The van der Waals surface area contributed by atoms with Gasteiger partial charge in [0, 0.05) is 11.1 Å². The van der Waals surface area contributed by atoms with Gasteiger partial charge in [-0.1, -0.05) is 12.1 Å². The van der Waals surface area contributed by atoms with Crippen LogP contribution < -0.4 is 5.73 Å². The van der Waals surface area contributed by atoms with Gasteiger partial charge in [-0.3, -0.25) is 4.79 Å². The highest BCUT2D eigenvalue weighted by Gasteiger charge is 1.98. The Morgan fingerprint density at radius 1 is 1.62 bits per heavy atom. The zero-order valence-electron chi connectivity index (χ0n) is 7.19. The van der Waals surface area contributed by atoms with Crippen molar-refractivity contribution in [1.29, 1.82) is 5.26 Å². The van der Waals surface area contributed by atoms with Crippen molar-refractivity contribution in [3.63, 3.8) is 0 Å². The van der Waals surface area contributed by atoms with Gasteiger partial charge in [0.05, 0.1) is 0 Å². The van der Waals surface area contributed by atoms with E-state index in [9.17, 15) is 4.79 Å². The van der Waals surface area contributed by atoms with Crippen molar-refractivity contribution < 1.29 is 9.90 Å². The topological polar surface area (TPSA) is 87.1 Å². The number of benzene rings is 1. The number of hydrogen-bond donors (Lipinski definition) is 2. The molecule has 0 saturated heterocycles. The van der Waals surface area contributed by atoms with Gasteiger partial charge in [-0.15, -0.1) is 0 Å². The minimum absolute atomic E-state index is 0.171. The van der Waals surface area contributed by atoms with Crippen molar-refractivity contribution in [2.45, 2.75) is 6.92 Å². The van der Waals surface area contributed by atoms with Crippen LogP contribution in [-0.2, 0) is 0 Å². The van der Waals surface area contributed by atoms with Gasteiger partial charge in [0.15, 0.2) is 6.19 Å². The van der Waals surface area contributed by atoms with Gasteiger partial charge in [-0.2, -0.15) is 5.26 Å². The molecule has 3 N–H and O–H groups in total. The number of hydrogen-bond acceptors (Lipinski definition) is 4. The highest BCUT2D eigenvalue weighted by molar-refractivity contribution is 5.78. The second-order valence-electron chi connectivity index (χ2n) is 2.24. The predicted molar refractivity (Wildman–Crippen MR) is 48.0 cm³/mol. The molecule has 0 aromatic heterocycles. The molecule has 0 fully saturated rings. The number of carbonyl (C=O) groups is 1. The van der Waals surface area contributed by atoms with Crippen LogP contribution in [0.25, 0.3) is 0 Å². The van der Waals surface area contributed by atoms with E-state index in [1.165, 1.54) is 6.19 Å². The van der Waals surface area contributed by atoms with Crippen molar-refractivity contribution in [3.8, 4) is 11.9 Å². The number of phenols is 1.